The summed E-state index contributed by atoms with van der Waals surface area (Å²) in [5.74, 6) is -0.356. The van der Waals surface area contributed by atoms with Crippen LogP contribution in [-0.4, -0.2) is 27.3 Å². The smallest absolute Gasteiger partial charge is 0.124 e. The van der Waals surface area contributed by atoms with E-state index in [4.69, 9.17) is 0 Å². The molecule has 1 fully saturated rings. The average Bonchev–Trinajstić information content (AvgIpc) is 3.08. The summed E-state index contributed by atoms with van der Waals surface area (Å²) in [5, 5.41) is 13.8. The molecule has 0 aliphatic carbocycles. The van der Waals surface area contributed by atoms with Crippen molar-refractivity contribution in [1.29, 1.82) is 5.26 Å². The SMILES string of the molecule is Cc1cc(C)n(C[C@H]2CCCN2Cc2ccc(F)cc2C#N)n1. The minimum atomic E-state index is -0.356. The molecular formula is C18H21FN4. The van der Waals surface area contributed by atoms with Crippen LogP contribution in [0.1, 0.15) is 35.4 Å². The monoisotopic (exact) mass is 312 g/mol. The second kappa shape index (κ2) is 6.51. The van der Waals surface area contributed by atoms with E-state index in [9.17, 15) is 9.65 Å². The van der Waals surface area contributed by atoms with Crippen molar-refractivity contribution in [3.63, 3.8) is 0 Å². The van der Waals surface area contributed by atoms with Crippen LogP contribution in [0.2, 0.25) is 0 Å². The minimum Gasteiger partial charge on any atom is -0.294 e. The van der Waals surface area contributed by atoms with E-state index in [0.717, 1.165) is 37.2 Å². The molecule has 1 aromatic heterocycles. The average molecular weight is 312 g/mol. The molecule has 0 amide bonds. The van der Waals surface area contributed by atoms with Crippen LogP contribution in [0.5, 0.6) is 0 Å². The lowest BCUT2D eigenvalue weighted by Gasteiger charge is -2.25. The van der Waals surface area contributed by atoms with E-state index in [1.54, 1.807) is 6.07 Å². The molecular weight excluding hydrogens is 291 g/mol. The Balaban J connectivity index is 1.75. The highest BCUT2D eigenvalue weighted by atomic mass is 19.1. The molecule has 1 aliphatic heterocycles. The van der Waals surface area contributed by atoms with E-state index < -0.39 is 0 Å². The van der Waals surface area contributed by atoms with Gasteiger partial charge in [0.25, 0.3) is 0 Å². The van der Waals surface area contributed by atoms with Crippen molar-refractivity contribution < 1.29 is 4.39 Å². The molecule has 0 spiro atoms. The first kappa shape index (κ1) is 15.7. The maximum atomic E-state index is 13.3. The topological polar surface area (TPSA) is 44.9 Å². The summed E-state index contributed by atoms with van der Waals surface area (Å²) in [6.45, 7) is 6.64. The lowest BCUT2D eigenvalue weighted by molar-refractivity contribution is 0.218. The molecule has 4 nitrogen and oxygen atoms in total. The van der Waals surface area contributed by atoms with Crippen LogP contribution in [0.4, 0.5) is 4.39 Å². The van der Waals surface area contributed by atoms with Crippen LogP contribution in [0, 0.1) is 31.0 Å². The number of rotatable bonds is 4. The third-order valence-electron chi connectivity index (χ3n) is 4.55. The molecule has 1 saturated heterocycles. The van der Waals surface area contributed by atoms with E-state index in [-0.39, 0.29) is 5.82 Å². The molecule has 0 saturated carbocycles. The number of halogens is 1. The van der Waals surface area contributed by atoms with Gasteiger partial charge in [-0.1, -0.05) is 6.07 Å². The molecule has 120 valence electrons. The summed E-state index contributed by atoms with van der Waals surface area (Å²) in [6.07, 6.45) is 2.27. The number of aryl methyl sites for hydroxylation is 2. The molecule has 2 heterocycles. The number of hydrogen-bond donors (Lipinski definition) is 0. The van der Waals surface area contributed by atoms with Gasteiger partial charge in [-0.3, -0.25) is 9.58 Å². The molecule has 1 atom stereocenters. The zero-order valence-corrected chi connectivity index (χ0v) is 13.6. The predicted octanol–water partition coefficient (Wildman–Crippen LogP) is 3.18. The first-order chi connectivity index (χ1) is 11.1. The highest BCUT2D eigenvalue weighted by molar-refractivity contribution is 5.37. The number of likely N-dealkylation sites (tertiary alicyclic amines) is 1. The van der Waals surface area contributed by atoms with Crippen LogP contribution in [0.15, 0.2) is 24.3 Å². The molecule has 23 heavy (non-hydrogen) atoms. The van der Waals surface area contributed by atoms with E-state index in [1.807, 2.05) is 6.92 Å². The van der Waals surface area contributed by atoms with Crippen LogP contribution < -0.4 is 0 Å². The Morgan fingerprint density at radius 2 is 2.17 bits per heavy atom. The molecule has 2 aromatic rings. The Morgan fingerprint density at radius 1 is 1.35 bits per heavy atom. The van der Waals surface area contributed by atoms with Gasteiger partial charge in [-0.05, 0) is 57.0 Å². The van der Waals surface area contributed by atoms with E-state index in [1.165, 1.54) is 17.8 Å². The van der Waals surface area contributed by atoms with Crippen molar-refractivity contribution in [3.05, 3.63) is 52.6 Å². The van der Waals surface area contributed by atoms with Crippen molar-refractivity contribution in [2.24, 2.45) is 0 Å². The van der Waals surface area contributed by atoms with Gasteiger partial charge in [-0.25, -0.2) is 4.39 Å². The highest BCUT2D eigenvalue weighted by Gasteiger charge is 2.26. The van der Waals surface area contributed by atoms with Crippen molar-refractivity contribution in [2.75, 3.05) is 6.54 Å². The van der Waals surface area contributed by atoms with Gasteiger partial charge in [0.15, 0.2) is 0 Å². The summed E-state index contributed by atoms with van der Waals surface area (Å²) in [6, 6.07) is 9.08. The molecule has 0 radical (unpaired) electrons. The fourth-order valence-corrected chi connectivity index (χ4v) is 3.38. The molecule has 3 rings (SSSR count). The zero-order chi connectivity index (χ0) is 16.4. The Kier molecular flexibility index (Phi) is 4.44. The molecule has 1 aliphatic rings. The quantitative estimate of drug-likeness (QED) is 0.871. The van der Waals surface area contributed by atoms with Gasteiger partial charge in [0.05, 0.1) is 23.9 Å². The highest BCUT2D eigenvalue weighted by Crippen LogP contribution is 2.23. The third kappa shape index (κ3) is 3.43. The van der Waals surface area contributed by atoms with Gasteiger partial charge in [0.1, 0.15) is 5.82 Å². The Labute approximate surface area is 136 Å². The molecule has 5 heteroatoms. The van der Waals surface area contributed by atoms with E-state index in [2.05, 4.69) is 33.7 Å². The lowest BCUT2D eigenvalue weighted by atomic mass is 10.1. The van der Waals surface area contributed by atoms with Gasteiger partial charge in [-0.15, -0.1) is 0 Å². The molecule has 0 unspecified atom stereocenters. The largest absolute Gasteiger partial charge is 0.294 e. The predicted molar refractivity (Wildman–Crippen MR) is 86.2 cm³/mol. The fraction of sp³-hybridized carbons (Fsp3) is 0.444. The van der Waals surface area contributed by atoms with Crippen molar-refractivity contribution in [2.45, 2.75) is 45.8 Å². The molecule has 1 aromatic carbocycles. The lowest BCUT2D eigenvalue weighted by Crippen LogP contribution is -2.33. The molecule has 0 bridgehead atoms. The second-order valence-corrected chi connectivity index (χ2v) is 6.29. The Bertz CT molecular complexity index is 744. The van der Waals surface area contributed by atoms with Gasteiger partial charge >= 0.3 is 0 Å². The van der Waals surface area contributed by atoms with Crippen molar-refractivity contribution >= 4 is 0 Å². The first-order valence-corrected chi connectivity index (χ1v) is 8.00. The zero-order valence-electron chi connectivity index (χ0n) is 13.6. The molecule has 0 N–H and O–H groups in total. The Hall–Kier alpha value is -2.19. The van der Waals surface area contributed by atoms with Crippen LogP contribution >= 0.6 is 0 Å². The normalized spacial score (nSPS) is 18.3. The van der Waals surface area contributed by atoms with Crippen LogP contribution in [0.25, 0.3) is 0 Å². The summed E-state index contributed by atoms with van der Waals surface area (Å²) in [7, 11) is 0. The van der Waals surface area contributed by atoms with E-state index >= 15 is 0 Å². The third-order valence-corrected chi connectivity index (χ3v) is 4.55. The number of nitrogens with zero attached hydrogens (tertiary/aromatic N) is 4. The summed E-state index contributed by atoms with van der Waals surface area (Å²) < 4.78 is 15.3. The Morgan fingerprint density at radius 3 is 2.87 bits per heavy atom. The summed E-state index contributed by atoms with van der Waals surface area (Å²) in [5.41, 5.74) is 3.54. The second-order valence-electron chi connectivity index (χ2n) is 6.29. The van der Waals surface area contributed by atoms with Crippen molar-refractivity contribution in [3.8, 4) is 6.07 Å². The summed E-state index contributed by atoms with van der Waals surface area (Å²) >= 11 is 0. The number of hydrogen-bond acceptors (Lipinski definition) is 3. The maximum absolute atomic E-state index is 13.3. The van der Waals surface area contributed by atoms with Gasteiger partial charge in [-0.2, -0.15) is 10.4 Å². The minimum absolute atomic E-state index is 0.356. The van der Waals surface area contributed by atoms with Gasteiger partial charge in [0, 0.05) is 18.3 Å². The van der Waals surface area contributed by atoms with E-state index in [0.29, 0.717) is 18.2 Å². The maximum Gasteiger partial charge on any atom is 0.124 e. The van der Waals surface area contributed by atoms with Gasteiger partial charge in [0.2, 0.25) is 0 Å². The van der Waals surface area contributed by atoms with Crippen molar-refractivity contribution in [1.82, 2.24) is 14.7 Å². The van der Waals surface area contributed by atoms with Gasteiger partial charge < -0.3 is 0 Å². The van der Waals surface area contributed by atoms with Crippen LogP contribution in [0.3, 0.4) is 0 Å². The number of aromatic nitrogens is 2. The number of benzene rings is 1. The number of nitriles is 1. The first-order valence-electron chi connectivity index (χ1n) is 8.00. The van der Waals surface area contributed by atoms with Crippen LogP contribution in [-0.2, 0) is 13.1 Å². The fourth-order valence-electron chi connectivity index (χ4n) is 3.38. The standard InChI is InChI=1S/C18H21FN4/c1-13-8-14(2)23(21-13)12-18-4-3-7-22(18)11-15-5-6-17(19)9-16(15)10-20/h5-6,8-9,18H,3-4,7,11-12H2,1-2H3/t18-/m1/s1. The summed E-state index contributed by atoms with van der Waals surface area (Å²) in [4.78, 5) is 2.38.